The van der Waals surface area contributed by atoms with Gasteiger partial charge in [-0.05, 0) is 17.7 Å². The number of halogens is 1. The number of ether oxygens (including phenoxy) is 1. The van der Waals surface area contributed by atoms with Gasteiger partial charge in [-0.3, -0.25) is 0 Å². The quantitative estimate of drug-likeness (QED) is 0.832. The first-order chi connectivity index (χ1) is 9.25. The molecule has 1 aliphatic rings. The van der Waals surface area contributed by atoms with Crippen molar-refractivity contribution in [2.45, 2.75) is 11.2 Å². The largest absolute Gasteiger partial charge is 0.393 e. The number of thiocarbonyl (C=S) groups is 1. The van der Waals surface area contributed by atoms with Crippen LogP contribution in [0.3, 0.4) is 0 Å². The van der Waals surface area contributed by atoms with Crippen molar-refractivity contribution in [1.29, 1.82) is 0 Å². The van der Waals surface area contributed by atoms with Gasteiger partial charge in [0.15, 0.2) is 9.84 Å². The second-order valence-electron chi connectivity index (χ2n) is 5.12. The van der Waals surface area contributed by atoms with E-state index in [0.29, 0.717) is 5.02 Å². The van der Waals surface area contributed by atoms with Crippen LogP contribution in [0.5, 0.6) is 0 Å². The topological polar surface area (TPSA) is 69.4 Å². The molecule has 1 aliphatic carbocycles. The standard InChI is InChI=1S/C13H16ClNO3S2/c1-18-7-13(12(15)19)10(11(13)20(2,16)17)8-3-5-9(14)6-4-8/h3-6,10-11H,7H2,1-2H3,(H2,15,19)/t10-,11-,13-/m0/s1. The van der Waals surface area contributed by atoms with Gasteiger partial charge in [0, 0.05) is 24.3 Å². The zero-order valence-corrected chi connectivity index (χ0v) is 13.6. The van der Waals surface area contributed by atoms with E-state index in [1.165, 1.54) is 13.4 Å². The maximum atomic E-state index is 12.0. The Kier molecular flexibility index (Phi) is 4.12. The van der Waals surface area contributed by atoms with Crippen molar-refractivity contribution in [3.05, 3.63) is 34.9 Å². The van der Waals surface area contributed by atoms with Crippen molar-refractivity contribution < 1.29 is 13.2 Å². The molecular weight excluding hydrogens is 318 g/mol. The summed E-state index contributed by atoms with van der Waals surface area (Å²) in [6.07, 6.45) is 1.20. The van der Waals surface area contributed by atoms with Crippen molar-refractivity contribution in [2.75, 3.05) is 20.0 Å². The SMILES string of the molecule is COC[C@]1(C(N)=S)[C@@H](c2ccc(Cl)cc2)[C@@H]1S(C)(=O)=O. The van der Waals surface area contributed by atoms with Gasteiger partial charge in [0.1, 0.15) is 0 Å². The highest BCUT2D eigenvalue weighted by Gasteiger charge is 2.71. The Morgan fingerprint density at radius 2 is 2.00 bits per heavy atom. The van der Waals surface area contributed by atoms with Gasteiger partial charge >= 0.3 is 0 Å². The third-order valence-corrected chi connectivity index (χ3v) is 6.04. The maximum absolute atomic E-state index is 12.0. The normalized spacial score (nSPS) is 29.1. The van der Waals surface area contributed by atoms with Crippen molar-refractivity contribution in [3.63, 3.8) is 0 Å². The molecule has 0 unspecified atom stereocenters. The zero-order valence-electron chi connectivity index (χ0n) is 11.2. The molecule has 1 saturated carbocycles. The zero-order chi connectivity index (χ0) is 15.1. The van der Waals surface area contributed by atoms with E-state index >= 15 is 0 Å². The Morgan fingerprint density at radius 1 is 1.45 bits per heavy atom. The number of hydrogen-bond acceptors (Lipinski definition) is 4. The third kappa shape index (κ3) is 2.45. The van der Waals surface area contributed by atoms with Crippen LogP contribution in [0.15, 0.2) is 24.3 Å². The summed E-state index contributed by atoms with van der Waals surface area (Å²) in [4.78, 5) is 0.176. The van der Waals surface area contributed by atoms with Crippen molar-refractivity contribution >= 4 is 38.6 Å². The van der Waals surface area contributed by atoms with E-state index in [1.807, 2.05) is 0 Å². The van der Waals surface area contributed by atoms with Crippen LogP contribution in [-0.4, -0.2) is 38.6 Å². The molecule has 1 fully saturated rings. The Morgan fingerprint density at radius 3 is 2.40 bits per heavy atom. The molecule has 0 amide bonds. The van der Waals surface area contributed by atoms with Crippen molar-refractivity contribution in [3.8, 4) is 0 Å². The second-order valence-corrected chi connectivity index (χ2v) is 8.16. The van der Waals surface area contributed by atoms with Gasteiger partial charge in [-0.15, -0.1) is 0 Å². The van der Waals surface area contributed by atoms with Gasteiger partial charge in [-0.25, -0.2) is 8.42 Å². The van der Waals surface area contributed by atoms with Crippen LogP contribution in [0.4, 0.5) is 0 Å². The number of benzene rings is 1. The molecule has 2 N–H and O–H groups in total. The number of methoxy groups -OCH3 is 1. The van der Waals surface area contributed by atoms with Crippen molar-refractivity contribution in [2.24, 2.45) is 11.1 Å². The van der Waals surface area contributed by atoms with Gasteiger partial charge in [-0.2, -0.15) is 0 Å². The Labute approximate surface area is 129 Å². The second kappa shape index (κ2) is 5.26. The Balaban J connectivity index is 2.49. The number of hydrogen-bond donors (Lipinski definition) is 1. The summed E-state index contributed by atoms with van der Waals surface area (Å²) < 4.78 is 29.3. The monoisotopic (exact) mass is 333 g/mol. The van der Waals surface area contributed by atoms with Gasteiger partial charge in [0.25, 0.3) is 0 Å². The smallest absolute Gasteiger partial charge is 0.152 e. The summed E-state index contributed by atoms with van der Waals surface area (Å²) in [5.74, 6) is -0.285. The van der Waals surface area contributed by atoms with Crippen molar-refractivity contribution in [1.82, 2.24) is 0 Å². The minimum absolute atomic E-state index is 0.176. The van der Waals surface area contributed by atoms with Crippen LogP contribution in [0.1, 0.15) is 11.5 Å². The summed E-state index contributed by atoms with van der Waals surface area (Å²) >= 11 is 11.0. The van der Waals surface area contributed by atoms with Gasteiger partial charge in [0.05, 0.1) is 22.3 Å². The lowest BCUT2D eigenvalue weighted by Gasteiger charge is -2.15. The highest BCUT2D eigenvalue weighted by atomic mass is 35.5. The van der Waals surface area contributed by atoms with Crippen LogP contribution in [0.25, 0.3) is 0 Å². The number of sulfone groups is 1. The first-order valence-corrected chi connectivity index (χ1v) is 8.72. The molecule has 3 atom stereocenters. The van der Waals surface area contributed by atoms with E-state index in [9.17, 15) is 8.42 Å². The molecule has 0 spiro atoms. The predicted octanol–water partition coefficient (Wildman–Crippen LogP) is 1.77. The fraction of sp³-hybridized carbons (Fsp3) is 0.462. The van der Waals surface area contributed by atoms with Crippen LogP contribution in [0, 0.1) is 5.41 Å². The molecule has 7 heteroatoms. The fourth-order valence-electron chi connectivity index (χ4n) is 2.95. The van der Waals surface area contributed by atoms with Gasteiger partial charge in [0.2, 0.25) is 0 Å². The molecule has 4 nitrogen and oxygen atoms in total. The first-order valence-electron chi connectivity index (χ1n) is 5.98. The van der Waals surface area contributed by atoms with E-state index < -0.39 is 20.5 Å². The molecule has 0 aliphatic heterocycles. The van der Waals surface area contributed by atoms with E-state index in [-0.39, 0.29) is 17.5 Å². The van der Waals surface area contributed by atoms with Crippen LogP contribution < -0.4 is 5.73 Å². The number of nitrogens with two attached hydrogens (primary N) is 1. The molecule has 1 aromatic carbocycles. The third-order valence-electron chi connectivity index (χ3n) is 3.79. The molecule has 110 valence electrons. The molecule has 2 rings (SSSR count). The summed E-state index contributed by atoms with van der Waals surface area (Å²) in [5, 5.41) is -0.0494. The average Bonchev–Trinajstić information content (AvgIpc) is 3.01. The minimum atomic E-state index is -3.29. The summed E-state index contributed by atoms with van der Waals surface area (Å²) in [6.45, 7) is 0.188. The molecule has 0 heterocycles. The van der Waals surface area contributed by atoms with E-state index in [1.54, 1.807) is 24.3 Å². The molecule has 0 bridgehead atoms. The molecular formula is C13H16ClNO3S2. The average molecular weight is 334 g/mol. The molecule has 0 aromatic heterocycles. The maximum Gasteiger partial charge on any atom is 0.152 e. The minimum Gasteiger partial charge on any atom is -0.393 e. The van der Waals surface area contributed by atoms with Crippen LogP contribution in [-0.2, 0) is 14.6 Å². The lowest BCUT2D eigenvalue weighted by molar-refractivity contribution is 0.166. The summed E-state index contributed by atoms with van der Waals surface area (Å²) in [5.41, 5.74) is 5.85. The Bertz CT molecular complexity index is 630. The molecule has 0 radical (unpaired) electrons. The van der Waals surface area contributed by atoms with Crippen LogP contribution in [0.2, 0.25) is 5.02 Å². The summed E-state index contributed by atoms with van der Waals surface area (Å²) in [6, 6.07) is 7.07. The van der Waals surface area contributed by atoms with Gasteiger partial charge < -0.3 is 10.5 Å². The lowest BCUT2D eigenvalue weighted by Crippen LogP contribution is -2.32. The highest BCUT2D eigenvalue weighted by molar-refractivity contribution is 7.92. The van der Waals surface area contributed by atoms with Crippen LogP contribution >= 0.6 is 23.8 Å². The number of rotatable bonds is 5. The van der Waals surface area contributed by atoms with Gasteiger partial charge in [-0.1, -0.05) is 36.0 Å². The predicted molar refractivity (Wildman–Crippen MR) is 83.9 cm³/mol. The van der Waals surface area contributed by atoms with E-state index in [4.69, 9.17) is 34.3 Å². The fourth-order valence-corrected chi connectivity index (χ4v) is 5.39. The lowest BCUT2D eigenvalue weighted by atomic mass is 10.00. The molecule has 20 heavy (non-hydrogen) atoms. The van der Waals surface area contributed by atoms with E-state index in [2.05, 4.69) is 0 Å². The Hall–Kier alpha value is -0.690. The highest BCUT2D eigenvalue weighted by Crippen LogP contribution is 2.63. The molecule has 1 aromatic rings. The summed E-state index contributed by atoms with van der Waals surface area (Å²) in [7, 11) is -1.78. The van der Waals surface area contributed by atoms with E-state index in [0.717, 1.165) is 5.56 Å². The molecule has 0 saturated heterocycles. The first kappa shape index (κ1) is 15.7.